The van der Waals surface area contributed by atoms with Crippen LogP contribution in [-0.2, 0) is 4.79 Å². The van der Waals surface area contributed by atoms with E-state index in [0.717, 1.165) is 49.7 Å². The van der Waals surface area contributed by atoms with Gasteiger partial charge in [0.1, 0.15) is 30.1 Å². The molecular formula is C17H21N5O. The third kappa shape index (κ3) is 2.85. The van der Waals surface area contributed by atoms with Crippen molar-refractivity contribution in [2.24, 2.45) is 5.92 Å². The molecule has 0 amide bonds. The number of aldehydes is 1. The van der Waals surface area contributed by atoms with Gasteiger partial charge in [0.15, 0.2) is 0 Å². The molecule has 0 unspecified atom stereocenters. The molecule has 120 valence electrons. The molecule has 6 heteroatoms. The van der Waals surface area contributed by atoms with Crippen LogP contribution in [0, 0.1) is 12.8 Å². The van der Waals surface area contributed by atoms with Crippen molar-refractivity contribution < 1.29 is 4.79 Å². The molecule has 0 spiro atoms. The molecular weight excluding hydrogens is 290 g/mol. The molecule has 6 nitrogen and oxygen atoms in total. The second-order valence-corrected chi connectivity index (χ2v) is 6.55. The van der Waals surface area contributed by atoms with Crippen LogP contribution in [0.4, 0.5) is 5.82 Å². The lowest BCUT2D eigenvalue weighted by atomic mass is 9.99. The Balaban J connectivity index is 1.58. The molecule has 2 aromatic heterocycles. The number of anilines is 1. The van der Waals surface area contributed by atoms with E-state index in [1.165, 1.54) is 18.5 Å². The monoisotopic (exact) mass is 311 g/mol. The van der Waals surface area contributed by atoms with E-state index in [1.807, 2.05) is 13.0 Å². The summed E-state index contributed by atoms with van der Waals surface area (Å²) in [6.07, 6.45) is 9.10. The van der Waals surface area contributed by atoms with Gasteiger partial charge in [0.2, 0.25) is 0 Å². The fraction of sp³-hybridized carbons (Fsp3) is 0.529. The number of carbonyl (C=O) groups excluding carboxylic acids is 1. The van der Waals surface area contributed by atoms with Crippen molar-refractivity contribution in [3.8, 4) is 5.82 Å². The van der Waals surface area contributed by atoms with Gasteiger partial charge in [-0.25, -0.2) is 15.0 Å². The van der Waals surface area contributed by atoms with Crippen molar-refractivity contribution >= 4 is 12.1 Å². The van der Waals surface area contributed by atoms with Gasteiger partial charge in [-0.05, 0) is 32.6 Å². The lowest BCUT2D eigenvalue weighted by Gasteiger charge is -2.30. The van der Waals surface area contributed by atoms with E-state index < -0.39 is 0 Å². The average molecular weight is 311 g/mol. The largest absolute Gasteiger partial charge is 0.356 e. The quantitative estimate of drug-likeness (QED) is 0.810. The van der Waals surface area contributed by atoms with Gasteiger partial charge in [0, 0.05) is 37.2 Å². The first kappa shape index (κ1) is 14.4. The summed E-state index contributed by atoms with van der Waals surface area (Å²) < 4.78 is 2.05. The number of imidazole rings is 1. The summed E-state index contributed by atoms with van der Waals surface area (Å²) in [5.74, 6) is 3.60. The first-order valence-corrected chi connectivity index (χ1v) is 8.33. The zero-order valence-corrected chi connectivity index (χ0v) is 13.4. The second-order valence-electron chi connectivity index (χ2n) is 6.55. The van der Waals surface area contributed by atoms with E-state index in [1.54, 1.807) is 6.33 Å². The second kappa shape index (κ2) is 5.76. The molecule has 1 saturated heterocycles. The number of hydrogen-bond acceptors (Lipinski definition) is 5. The van der Waals surface area contributed by atoms with Crippen LogP contribution in [-0.4, -0.2) is 38.9 Å². The third-order valence-electron chi connectivity index (χ3n) is 4.84. The molecule has 0 radical (unpaired) electrons. The van der Waals surface area contributed by atoms with E-state index in [-0.39, 0.29) is 5.92 Å². The highest BCUT2D eigenvalue weighted by molar-refractivity contribution is 5.55. The lowest BCUT2D eigenvalue weighted by Crippen LogP contribution is -2.34. The molecule has 0 bridgehead atoms. The van der Waals surface area contributed by atoms with Crippen molar-refractivity contribution in [2.45, 2.75) is 38.5 Å². The van der Waals surface area contributed by atoms with Crippen LogP contribution in [0.15, 0.2) is 18.6 Å². The molecule has 0 N–H and O–H groups in total. The van der Waals surface area contributed by atoms with Gasteiger partial charge in [-0.15, -0.1) is 0 Å². The lowest BCUT2D eigenvalue weighted by molar-refractivity contribution is -0.111. The van der Waals surface area contributed by atoms with Gasteiger partial charge in [-0.1, -0.05) is 0 Å². The Kier molecular flexibility index (Phi) is 3.59. The summed E-state index contributed by atoms with van der Waals surface area (Å²) in [6, 6.07) is 2.02. The molecule has 4 rings (SSSR count). The summed E-state index contributed by atoms with van der Waals surface area (Å²) in [7, 11) is 0. The Hall–Kier alpha value is -2.24. The van der Waals surface area contributed by atoms with Gasteiger partial charge in [-0.2, -0.15) is 0 Å². The average Bonchev–Trinajstić information content (AvgIpc) is 3.37. The number of aromatic nitrogens is 4. The number of carbonyl (C=O) groups is 1. The van der Waals surface area contributed by atoms with Crippen LogP contribution in [0.3, 0.4) is 0 Å². The summed E-state index contributed by atoms with van der Waals surface area (Å²) in [5, 5.41) is 0. The van der Waals surface area contributed by atoms with E-state index >= 15 is 0 Å². The number of nitrogens with zero attached hydrogens (tertiary/aromatic N) is 5. The van der Waals surface area contributed by atoms with Crippen LogP contribution in [0.1, 0.15) is 43.1 Å². The van der Waals surface area contributed by atoms with Crippen LogP contribution < -0.4 is 4.90 Å². The van der Waals surface area contributed by atoms with Crippen molar-refractivity contribution in [1.82, 2.24) is 19.5 Å². The van der Waals surface area contributed by atoms with Crippen molar-refractivity contribution in [2.75, 3.05) is 18.0 Å². The highest BCUT2D eigenvalue weighted by Crippen LogP contribution is 2.39. The van der Waals surface area contributed by atoms with E-state index in [4.69, 9.17) is 0 Å². The Bertz CT molecular complexity index is 714. The predicted octanol–water partition coefficient (Wildman–Crippen LogP) is 2.26. The van der Waals surface area contributed by atoms with E-state index in [2.05, 4.69) is 30.6 Å². The Morgan fingerprint density at radius 2 is 1.87 bits per heavy atom. The van der Waals surface area contributed by atoms with Gasteiger partial charge < -0.3 is 9.69 Å². The maximum Gasteiger partial charge on any atom is 0.143 e. The smallest absolute Gasteiger partial charge is 0.143 e. The zero-order chi connectivity index (χ0) is 15.8. The molecule has 1 aliphatic carbocycles. The number of rotatable bonds is 4. The standard InChI is InChI=1S/C17H21N5O/c1-12-20-15(14-2-3-14)9-22(12)17-8-16(18-11-19-17)21-6-4-13(10-23)5-7-21/h8-11,13-14H,2-7H2,1H3. The Labute approximate surface area is 135 Å². The van der Waals surface area contributed by atoms with Crippen LogP contribution in [0.5, 0.6) is 0 Å². The molecule has 3 heterocycles. The maximum atomic E-state index is 10.9. The fourth-order valence-electron chi connectivity index (χ4n) is 3.21. The third-order valence-corrected chi connectivity index (χ3v) is 4.84. The minimum absolute atomic E-state index is 0.199. The predicted molar refractivity (Wildman–Crippen MR) is 86.9 cm³/mol. The normalized spacial score (nSPS) is 19.1. The SMILES string of the molecule is Cc1nc(C2CC2)cn1-c1cc(N2CCC(C=O)CC2)ncn1. The highest BCUT2D eigenvalue weighted by atomic mass is 16.1. The van der Waals surface area contributed by atoms with Crippen LogP contribution in [0.2, 0.25) is 0 Å². The van der Waals surface area contributed by atoms with E-state index in [9.17, 15) is 4.79 Å². The van der Waals surface area contributed by atoms with E-state index in [0.29, 0.717) is 5.92 Å². The molecule has 0 atom stereocenters. The summed E-state index contributed by atoms with van der Waals surface area (Å²) in [5.41, 5.74) is 1.18. The fourth-order valence-corrected chi connectivity index (χ4v) is 3.21. The highest BCUT2D eigenvalue weighted by Gasteiger charge is 2.27. The van der Waals surface area contributed by atoms with Gasteiger partial charge in [0.25, 0.3) is 0 Å². The van der Waals surface area contributed by atoms with Gasteiger partial charge in [0.05, 0.1) is 5.69 Å². The van der Waals surface area contributed by atoms with Crippen molar-refractivity contribution in [1.29, 1.82) is 0 Å². The molecule has 0 aromatic carbocycles. The first-order chi connectivity index (χ1) is 11.2. The van der Waals surface area contributed by atoms with Gasteiger partial charge in [-0.3, -0.25) is 4.57 Å². The molecule has 2 aliphatic rings. The minimum atomic E-state index is 0.199. The summed E-state index contributed by atoms with van der Waals surface area (Å²) in [4.78, 5) is 26.6. The minimum Gasteiger partial charge on any atom is -0.356 e. The van der Waals surface area contributed by atoms with Crippen molar-refractivity contribution in [3.63, 3.8) is 0 Å². The topological polar surface area (TPSA) is 63.9 Å². The van der Waals surface area contributed by atoms with Gasteiger partial charge >= 0.3 is 0 Å². The van der Waals surface area contributed by atoms with Crippen LogP contribution in [0.25, 0.3) is 5.82 Å². The number of piperidine rings is 1. The summed E-state index contributed by atoms with van der Waals surface area (Å²) >= 11 is 0. The zero-order valence-electron chi connectivity index (χ0n) is 13.4. The Morgan fingerprint density at radius 1 is 1.13 bits per heavy atom. The molecule has 23 heavy (non-hydrogen) atoms. The van der Waals surface area contributed by atoms with Crippen molar-refractivity contribution in [3.05, 3.63) is 30.1 Å². The Morgan fingerprint density at radius 3 is 2.57 bits per heavy atom. The molecule has 2 fully saturated rings. The number of hydrogen-bond donors (Lipinski definition) is 0. The molecule has 2 aromatic rings. The maximum absolute atomic E-state index is 10.9. The summed E-state index contributed by atoms with van der Waals surface area (Å²) in [6.45, 7) is 3.76. The molecule has 1 aliphatic heterocycles. The van der Waals surface area contributed by atoms with Crippen LogP contribution >= 0.6 is 0 Å². The molecule has 1 saturated carbocycles. The number of aryl methyl sites for hydroxylation is 1. The first-order valence-electron chi connectivity index (χ1n) is 8.33.